The number of benzene rings is 3. The number of hydrogen-bond donors (Lipinski definition) is 0. The Bertz CT molecular complexity index is 1620. The Morgan fingerprint density at radius 1 is 0.929 bits per heavy atom. The maximum Gasteiger partial charge on any atom is 0.216 e. The molecular formula is C26H22NO+. The molecule has 2 heterocycles. The van der Waals surface area contributed by atoms with Gasteiger partial charge in [0.1, 0.15) is 18.2 Å². The van der Waals surface area contributed by atoms with Crippen LogP contribution in [0.4, 0.5) is 0 Å². The summed E-state index contributed by atoms with van der Waals surface area (Å²) < 4.78 is 64.5. The van der Waals surface area contributed by atoms with Gasteiger partial charge in [0.05, 0.1) is 11.0 Å². The van der Waals surface area contributed by atoms with Crippen LogP contribution in [0.3, 0.4) is 0 Å². The minimum absolute atomic E-state index is 0.0428. The summed E-state index contributed by atoms with van der Waals surface area (Å²) in [6.07, 6.45) is 1.97. The van der Waals surface area contributed by atoms with Crippen LogP contribution in [0.5, 0.6) is 0 Å². The van der Waals surface area contributed by atoms with Crippen molar-refractivity contribution in [3.8, 4) is 22.4 Å². The number of aromatic nitrogens is 1. The highest BCUT2D eigenvalue weighted by molar-refractivity contribution is 6.10. The highest BCUT2D eigenvalue weighted by Crippen LogP contribution is 2.38. The second kappa shape index (κ2) is 6.35. The fourth-order valence-electron chi connectivity index (χ4n) is 3.65. The summed E-state index contributed by atoms with van der Waals surface area (Å²) in [6, 6.07) is 13.4. The molecule has 2 nitrogen and oxygen atoms in total. The van der Waals surface area contributed by atoms with Gasteiger partial charge in [-0.05, 0) is 48.7 Å². The molecule has 5 rings (SSSR count). The lowest BCUT2D eigenvalue weighted by molar-refractivity contribution is -0.660. The second-order valence-electron chi connectivity index (χ2n) is 6.89. The lowest BCUT2D eigenvalue weighted by Gasteiger charge is -2.04. The maximum absolute atomic E-state index is 8.43. The molecule has 0 saturated heterocycles. The molecule has 0 fully saturated rings. The molecule has 0 atom stereocenters. The molecule has 2 aromatic heterocycles. The SMILES string of the molecule is [2H]c1c([2H])c(C([2H])([2H])[2H])c([2H])c([2H])c1-c1ccc2c(c1)oc1c(-c3cccc[n+]3C)c(C)ccc12. The van der Waals surface area contributed by atoms with Crippen molar-refractivity contribution in [2.75, 3.05) is 0 Å². The Hall–Kier alpha value is -3.39. The second-order valence-corrected chi connectivity index (χ2v) is 6.89. The van der Waals surface area contributed by atoms with Crippen molar-refractivity contribution in [1.82, 2.24) is 0 Å². The molecular weight excluding hydrogens is 342 g/mol. The topological polar surface area (TPSA) is 17.0 Å². The van der Waals surface area contributed by atoms with Crippen molar-refractivity contribution >= 4 is 21.9 Å². The third-order valence-corrected chi connectivity index (χ3v) is 5.07. The zero-order valence-corrected chi connectivity index (χ0v) is 15.6. The van der Waals surface area contributed by atoms with Gasteiger partial charge >= 0.3 is 0 Å². The van der Waals surface area contributed by atoms with Crippen LogP contribution in [0.2, 0.25) is 0 Å². The van der Waals surface area contributed by atoms with Crippen molar-refractivity contribution in [2.45, 2.75) is 13.8 Å². The van der Waals surface area contributed by atoms with E-state index in [1.165, 1.54) is 0 Å². The first-order valence-electron chi connectivity index (χ1n) is 12.5. The molecule has 0 radical (unpaired) electrons. The van der Waals surface area contributed by atoms with Gasteiger partial charge in [-0.15, -0.1) is 0 Å². The highest BCUT2D eigenvalue weighted by Gasteiger charge is 2.20. The molecule has 0 spiro atoms. The number of aryl methyl sites for hydroxylation is 2. The van der Waals surface area contributed by atoms with Gasteiger partial charge in [0.2, 0.25) is 5.69 Å². The molecule has 5 aromatic rings. The molecule has 0 aliphatic heterocycles. The van der Waals surface area contributed by atoms with Crippen molar-refractivity contribution in [3.05, 3.63) is 90.0 Å². The summed E-state index contributed by atoms with van der Waals surface area (Å²) in [7, 11) is 1.97. The van der Waals surface area contributed by atoms with E-state index >= 15 is 0 Å². The van der Waals surface area contributed by atoms with E-state index in [2.05, 4.69) is 0 Å². The van der Waals surface area contributed by atoms with Crippen molar-refractivity contribution in [1.29, 1.82) is 0 Å². The van der Waals surface area contributed by atoms with Crippen molar-refractivity contribution in [2.24, 2.45) is 7.05 Å². The van der Waals surface area contributed by atoms with E-state index in [0.717, 1.165) is 33.2 Å². The van der Waals surface area contributed by atoms with Gasteiger partial charge in [-0.1, -0.05) is 47.9 Å². The van der Waals surface area contributed by atoms with Crippen LogP contribution in [-0.2, 0) is 7.05 Å². The van der Waals surface area contributed by atoms with E-state index in [0.29, 0.717) is 11.1 Å². The van der Waals surface area contributed by atoms with Crippen LogP contribution in [0.1, 0.15) is 20.7 Å². The fraction of sp³-hybridized carbons (Fsp3) is 0.115. The molecule has 2 heteroatoms. The molecule has 0 saturated carbocycles. The number of rotatable bonds is 2. The molecule has 0 aliphatic rings. The fourth-order valence-corrected chi connectivity index (χ4v) is 3.65. The molecule has 0 aliphatic carbocycles. The van der Waals surface area contributed by atoms with Gasteiger partial charge in [0, 0.05) is 27.0 Å². The molecule has 3 aromatic carbocycles. The van der Waals surface area contributed by atoms with Crippen molar-refractivity contribution < 1.29 is 18.6 Å². The normalized spacial score (nSPS) is 15.4. The van der Waals surface area contributed by atoms with Gasteiger partial charge < -0.3 is 4.42 Å². The van der Waals surface area contributed by atoms with E-state index in [4.69, 9.17) is 14.0 Å². The largest absolute Gasteiger partial charge is 0.455 e. The predicted molar refractivity (Wildman–Crippen MR) is 115 cm³/mol. The first-order chi connectivity index (χ1) is 16.5. The van der Waals surface area contributed by atoms with Crippen molar-refractivity contribution in [3.63, 3.8) is 0 Å². The summed E-state index contributed by atoms with van der Waals surface area (Å²) >= 11 is 0. The molecule has 136 valence electrons. The molecule has 0 N–H and O–H groups in total. The predicted octanol–water partition coefficient (Wildman–Crippen LogP) is 6.36. The smallest absolute Gasteiger partial charge is 0.216 e. The molecule has 0 unspecified atom stereocenters. The first-order valence-corrected chi connectivity index (χ1v) is 9.02. The number of pyridine rings is 1. The summed E-state index contributed by atoms with van der Waals surface area (Å²) in [5.74, 6) is 0. The van der Waals surface area contributed by atoms with Crippen LogP contribution in [0.15, 0.2) is 83.3 Å². The van der Waals surface area contributed by atoms with Crippen LogP contribution in [0, 0.1) is 13.8 Å². The Balaban J connectivity index is 1.77. The Morgan fingerprint density at radius 2 is 1.75 bits per heavy atom. The zero-order chi connectivity index (χ0) is 25.2. The Kier molecular flexibility index (Phi) is 2.45. The lowest BCUT2D eigenvalue weighted by atomic mass is 9.99. The molecule has 28 heavy (non-hydrogen) atoms. The van der Waals surface area contributed by atoms with Gasteiger partial charge in [-0.2, -0.15) is 0 Å². The van der Waals surface area contributed by atoms with Crippen LogP contribution in [-0.4, -0.2) is 0 Å². The molecule has 0 bridgehead atoms. The van der Waals surface area contributed by atoms with E-state index in [1.807, 2.05) is 61.1 Å². The summed E-state index contributed by atoms with van der Waals surface area (Å²) in [4.78, 5) is 0. The third kappa shape index (κ3) is 2.61. The van der Waals surface area contributed by atoms with E-state index < -0.39 is 24.5 Å². The minimum atomic E-state index is -2.75. The maximum atomic E-state index is 8.43. The zero-order valence-electron chi connectivity index (χ0n) is 22.6. The summed E-state index contributed by atoms with van der Waals surface area (Å²) in [6.45, 7) is -0.722. The standard InChI is InChI=1S/C26H22NO/c1-17-7-10-19(11-8-17)20-12-14-21-22-13-9-18(2)25(26(22)28-24(21)16-20)23-6-4-5-15-27(23)3/h4-16H,1-3H3/q+1/i1D3,7D,8D,10D,11D. The minimum Gasteiger partial charge on any atom is -0.455 e. The van der Waals surface area contributed by atoms with E-state index in [-0.39, 0.29) is 17.6 Å². The first kappa shape index (κ1) is 10.8. The number of nitrogens with zero attached hydrogens (tertiary/aromatic N) is 1. The van der Waals surface area contributed by atoms with E-state index in [9.17, 15) is 0 Å². The number of furan rings is 1. The quantitative estimate of drug-likeness (QED) is 0.330. The Morgan fingerprint density at radius 3 is 2.54 bits per heavy atom. The number of fused-ring (bicyclic) bond motifs is 3. The highest BCUT2D eigenvalue weighted by atomic mass is 16.3. The lowest BCUT2D eigenvalue weighted by Crippen LogP contribution is -2.30. The van der Waals surface area contributed by atoms with Gasteiger partial charge in [-0.3, -0.25) is 0 Å². The van der Waals surface area contributed by atoms with Crippen LogP contribution < -0.4 is 4.57 Å². The number of hydrogen-bond acceptors (Lipinski definition) is 1. The third-order valence-electron chi connectivity index (χ3n) is 5.07. The van der Waals surface area contributed by atoms with Crippen LogP contribution in [0.25, 0.3) is 44.3 Å². The summed E-state index contributed by atoms with van der Waals surface area (Å²) in [5, 5.41) is 1.78. The summed E-state index contributed by atoms with van der Waals surface area (Å²) in [5.41, 5.74) is 4.17. The average Bonchev–Trinajstić information content (AvgIpc) is 3.15. The van der Waals surface area contributed by atoms with Crippen LogP contribution >= 0.6 is 0 Å². The monoisotopic (exact) mass is 371 g/mol. The van der Waals surface area contributed by atoms with Gasteiger partial charge in [0.15, 0.2) is 6.20 Å². The van der Waals surface area contributed by atoms with E-state index in [1.54, 1.807) is 12.1 Å². The Labute approximate surface area is 174 Å². The van der Waals surface area contributed by atoms with Gasteiger partial charge in [0.25, 0.3) is 0 Å². The molecule has 0 amide bonds. The van der Waals surface area contributed by atoms with Gasteiger partial charge in [-0.25, -0.2) is 4.57 Å². The average molecular weight is 372 g/mol.